The van der Waals surface area contributed by atoms with Crippen LogP contribution in [0.4, 0.5) is 0 Å². The van der Waals surface area contributed by atoms with E-state index in [1.165, 1.54) is 0 Å². The maximum absolute atomic E-state index is 5.22. The molecule has 11 rings (SSSR count). The molecule has 0 aliphatic heterocycles. The second kappa shape index (κ2) is 15.4. The molecule has 0 unspecified atom stereocenters. The number of fused-ring (bicyclic) bond motifs is 3. The largest absolute Gasteiger partial charge is 0.308 e. The maximum Gasteiger partial charge on any atom is 0.166 e. The van der Waals surface area contributed by atoms with Crippen molar-refractivity contribution in [2.45, 2.75) is 0 Å². The van der Waals surface area contributed by atoms with Crippen LogP contribution >= 0.6 is 0 Å². The highest BCUT2D eigenvalue weighted by molar-refractivity contribution is 6.11. The van der Waals surface area contributed by atoms with Crippen LogP contribution in [0.25, 0.3) is 107 Å². The van der Waals surface area contributed by atoms with Gasteiger partial charge in [0.15, 0.2) is 34.9 Å². The van der Waals surface area contributed by atoms with Crippen LogP contribution in [0, 0.1) is 0 Å². The van der Waals surface area contributed by atoms with Gasteiger partial charge < -0.3 is 4.57 Å². The third kappa shape index (κ3) is 6.80. The third-order valence-electron chi connectivity index (χ3n) is 10.9. The van der Waals surface area contributed by atoms with Crippen LogP contribution in [0.5, 0.6) is 0 Å². The molecule has 0 aliphatic carbocycles. The van der Waals surface area contributed by atoms with Gasteiger partial charge in [-0.15, -0.1) is 0 Å². The van der Waals surface area contributed by atoms with E-state index in [-0.39, 0.29) is 0 Å². The molecule has 0 bridgehead atoms. The molecule has 11 aromatic rings. The van der Waals surface area contributed by atoms with Gasteiger partial charge in [0.1, 0.15) is 0 Å². The normalized spacial score (nSPS) is 11.3. The summed E-state index contributed by atoms with van der Waals surface area (Å²) >= 11 is 0. The van der Waals surface area contributed by atoms with E-state index in [4.69, 9.17) is 29.9 Å². The van der Waals surface area contributed by atoms with Crippen LogP contribution in [0.2, 0.25) is 0 Å². The summed E-state index contributed by atoms with van der Waals surface area (Å²) in [5, 5.41) is 2.27. The van der Waals surface area contributed by atoms with Crippen molar-refractivity contribution in [1.82, 2.24) is 34.5 Å². The van der Waals surface area contributed by atoms with Gasteiger partial charge in [-0.3, -0.25) is 0 Å². The standard InChI is InChI=1S/C54H35N7/c1-6-18-36(19-7-1)41-31-33-47-45(34-41)43-28-16-17-29-46(43)61(47)48-35-42(53-57-49(37-20-8-2-9-21-37)55-50(58-53)38-22-10-3-11-23-38)30-32-44(48)54-59-51(39-24-12-4-13-25-39)56-52(60-54)40-26-14-5-15-27-40/h1-35H. The van der Waals surface area contributed by atoms with Gasteiger partial charge in [-0.25, -0.2) is 29.9 Å². The zero-order valence-electron chi connectivity index (χ0n) is 32.8. The average Bonchev–Trinajstić information content (AvgIpc) is 3.68. The van der Waals surface area contributed by atoms with Gasteiger partial charge in [0.05, 0.1) is 16.7 Å². The average molecular weight is 782 g/mol. The summed E-state index contributed by atoms with van der Waals surface area (Å²) in [5.74, 6) is 3.47. The summed E-state index contributed by atoms with van der Waals surface area (Å²) in [4.78, 5) is 30.7. The van der Waals surface area contributed by atoms with Crippen LogP contribution in [-0.2, 0) is 0 Å². The summed E-state index contributed by atoms with van der Waals surface area (Å²) in [6, 6.07) is 72.4. The lowest BCUT2D eigenvalue weighted by Crippen LogP contribution is -2.05. The van der Waals surface area contributed by atoms with Gasteiger partial charge in [-0.2, -0.15) is 0 Å². The monoisotopic (exact) mass is 781 g/mol. The number of nitrogens with zero attached hydrogens (tertiary/aromatic N) is 7. The van der Waals surface area contributed by atoms with Gasteiger partial charge in [-0.1, -0.05) is 182 Å². The van der Waals surface area contributed by atoms with Gasteiger partial charge in [-0.05, 0) is 41.5 Å². The molecule has 0 radical (unpaired) electrons. The zero-order valence-corrected chi connectivity index (χ0v) is 32.8. The molecule has 3 heterocycles. The first-order chi connectivity index (χ1) is 30.2. The van der Waals surface area contributed by atoms with Crippen molar-refractivity contribution in [3.63, 3.8) is 0 Å². The Morgan fingerprint density at radius 2 is 0.623 bits per heavy atom. The van der Waals surface area contributed by atoms with E-state index in [2.05, 4.69) is 89.5 Å². The van der Waals surface area contributed by atoms with E-state index in [1.54, 1.807) is 0 Å². The molecule has 0 atom stereocenters. The van der Waals surface area contributed by atoms with Crippen molar-refractivity contribution in [2.75, 3.05) is 0 Å². The lowest BCUT2D eigenvalue weighted by molar-refractivity contribution is 1.06. The van der Waals surface area contributed by atoms with Crippen molar-refractivity contribution in [3.8, 4) is 85.1 Å². The molecule has 0 saturated heterocycles. The van der Waals surface area contributed by atoms with Crippen LogP contribution < -0.4 is 0 Å². The topological polar surface area (TPSA) is 82.3 Å². The highest BCUT2D eigenvalue weighted by atomic mass is 15.1. The van der Waals surface area contributed by atoms with E-state index in [0.29, 0.717) is 34.9 Å². The van der Waals surface area contributed by atoms with Crippen molar-refractivity contribution in [2.24, 2.45) is 0 Å². The maximum atomic E-state index is 5.22. The quantitative estimate of drug-likeness (QED) is 0.153. The molecule has 7 heteroatoms. The lowest BCUT2D eigenvalue weighted by atomic mass is 10.0. The molecule has 0 fully saturated rings. The molecular weight excluding hydrogens is 747 g/mol. The Morgan fingerprint density at radius 3 is 1.11 bits per heavy atom. The Balaban J connectivity index is 1.20. The van der Waals surface area contributed by atoms with Crippen molar-refractivity contribution < 1.29 is 0 Å². The Hall–Kier alpha value is -8.42. The third-order valence-corrected chi connectivity index (χ3v) is 10.9. The van der Waals surface area contributed by atoms with Crippen molar-refractivity contribution in [3.05, 3.63) is 212 Å². The number of para-hydroxylation sites is 1. The van der Waals surface area contributed by atoms with Gasteiger partial charge >= 0.3 is 0 Å². The van der Waals surface area contributed by atoms with Crippen LogP contribution in [0.15, 0.2) is 212 Å². The molecular formula is C54H35N7. The fourth-order valence-electron chi connectivity index (χ4n) is 7.95. The fourth-order valence-corrected chi connectivity index (χ4v) is 7.95. The highest BCUT2D eigenvalue weighted by Gasteiger charge is 2.22. The van der Waals surface area contributed by atoms with E-state index in [0.717, 1.165) is 72.0 Å². The van der Waals surface area contributed by atoms with Gasteiger partial charge in [0.2, 0.25) is 0 Å². The second-order valence-corrected chi connectivity index (χ2v) is 14.8. The second-order valence-electron chi connectivity index (χ2n) is 14.8. The van der Waals surface area contributed by atoms with Crippen molar-refractivity contribution in [1.29, 1.82) is 0 Å². The first-order valence-corrected chi connectivity index (χ1v) is 20.2. The lowest BCUT2D eigenvalue weighted by Gasteiger charge is -2.16. The molecule has 0 saturated carbocycles. The molecule has 3 aromatic heterocycles. The molecule has 8 aromatic carbocycles. The number of hydrogen-bond acceptors (Lipinski definition) is 6. The Morgan fingerprint density at radius 1 is 0.246 bits per heavy atom. The molecule has 0 aliphatic rings. The van der Waals surface area contributed by atoms with Crippen LogP contribution in [0.1, 0.15) is 0 Å². The van der Waals surface area contributed by atoms with Crippen LogP contribution in [-0.4, -0.2) is 34.5 Å². The molecule has 0 amide bonds. The number of benzene rings is 8. The first-order valence-electron chi connectivity index (χ1n) is 20.2. The summed E-state index contributed by atoms with van der Waals surface area (Å²) < 4.78 is 2.32. The number of aromatic nitrogens is 7. The minimum absolute atomic E-state index is 0.548. The SMILES string of the molecule is c1ccc(-c2ccc3c(c2)c2ccccc2n3-c2cc(-c3nc(-c4ccccc4)nc(-c4ccccc4)n3)ccc2-c2nc(-c3ccccc3)nc(-c3ccccc3)n2)cc1. The Kier molecular flexibility index (Phi) is 9.02. The first kappa shape index (κ1) is 35.7. The molecule has 0 spiro atoms. The predicted octanol–water partition coefficient (Wildman–Crippen LogP) is 12.8. The van der Waals surface area contributed by atoms with E-state index >= 15 is 0 Å². The van der Waals surface area contributed by atoms with E-state index in [9.17, 15) is 0 Å². The molecule has 7 nitrogen and oxygen atoms in total. The van der Waals surface area contributed by atoms with Gasteiger partial charge in [0.25, 0.3) is 0 Å². The minimum atomic E-state index is 0.548. The summed E-state index contributed by atoms with van der Waals surface area (Å²) in [6.45, 7) is 0. The van der Waals surface area contributed by atoms with E-state index in [1.807, 2.05) is 127 Å². The van der Waals surface area contributed by atoms with E-state index < -0.39 is 0 Å². The van der Waals surface area contributed by atoms with Crippen molar-refractivity contribution >= 4 is 21.8 Å². The summed E-state index contributed by atoms with van der Waals surface area (Å²) in [5.41, 5.74) is 10.6. The van der Waals surface area contributed by atoms with Crippen LogP contribution in [0.3, 0.4) is 0 Å². The molecule has 61 heavy (non-hydrogen) atoms. The minimum Gasteiger partial charge on any atom is -0.308 e. The highest BCUT2D eigenvalue weighted by Crippen LogP contribution is 2.39. The zero-order chi connectivity index (χ0) is 40.5. The fraction of sp³-hybridized carbons (Fsp3) is 0. The molecule has 0 N–H and O–H groups in total. The Bertz CT molecular complexity index is 3220. The summed E-state index contributed by atoms with van der Waals surface area (Å²) in [7, 11) is 0. The molecule has 286 valence electrons. The smallest absolute Gasteiger partial charge is 0.166 e. The Labute approximate surface area is 352 Å². The summed E-state index contributed by atoms with van der Waals surface area (Å²) in [6.07, 6.45) is 0. The van der Waals surface area contributed by atoms with Gasteiger partial charge in [0, 0.05) is 44.2 Å². The number of rotatable bonds is 8. The predicted molar refractivity (Wildman–Crippen MR) is 246 cm³/mol. The number of hydrogen-bond donors (Lipinski definition) is 0.